The van der Waals surface area contributed by atoms with Crippen molar-refractivity contribution in [2.75, 3.05) is 47.5 Å². The van der Waals surface area contributed by atoms with Crippen LogP contribution in [0.3, 0.4) is 0 Å². The highest BCUT2D eigenvalue weighted by Crippen LogP contribution is 2.38. The summed E-state index contributed by atoms with van der Waals surface area (Å²) < 4.78 is 34.1. The summed E-state index contributed by atoms with van der Waals surface area (Å²) in [5, 5.41) is 0. The first-order valence-corrected chi connectivity index (χ1v) is 28.0. The predicted octanol–water partition coefficient (Wildman–Crippen LogP) is 15.2. The van der Waals surface area contributed by atoms with E-state index in [9.17, 15) is 19.0 Å². The minimum atomic E-state index is -4.63. The second-order valence-corrected chi connectivity index (χ2v) is 20.7. The molecule has 0 saturated heterocycles. The molecule has 0 aliphatic carbocycles. The summed E-state index contributed by atoms with van der Waals surface area (Å²) in [5.74, 6) is -0.825. The fourth-order valence-corrected chi connectivity index (χ4v) is 8.30. The van der Waals surface area contributed by atoms with Gasteiger partial charge in [0.15, 0.2) is 6.10 Å². The summed E-state index contributed by atoms with van der Waals surface area (Å²) >= 11 is 0. The minimum absolute atomic E-state index is 0.0294. The molecule has 0 rings (SSSR count). The molecule has 0 aliphatic rings. The molecule has 0 aromatic carbocycles. The molecule has 0 aliphatic heterocycles. The Morgan fingerprint density at radius 1 is 0.492 bits per heavy atom. The van der Waals surface area contributed by atoms with Gasteiger partial charge in [-0.3, -0.25) is 14.2 Å². The van der Waals surface area contributed by atoms with Gasteiger partial charge in [0.05, 0.1) is 27.7 Å². The SMILES string of the molecule is CCCCCCC/C=C\C/C=C\CCCCCCCCCCCC(=O)OC(COC(=O)CCCCCCCCCCCCCCCCCCCC)COP(=O)([O-])OCC[N+](C)(C)C. The summed E-state index contributed by atoms with van der Waals surface area (Å²) in [6, 6.07) is 0. The standard InChI is InChI=1S/C53H102NO8P/c1-6-8-10-12-14-16-18-20-22-24-26-27-28-30-32-34-36-38-40-42-44-46-53(56)62-51(50-61-63(57,58)60-48-47-54(3,4)5)49-59-52(55)45-43-41-39-37-35-33-31-29-25-23-21-19-17-15-13-11-9-7-2/h18,20,24,26,51H,6-17,19,21-23,25,27-50H2,1-5H3/b20-18-,26-24-. The van der Waals surface area contributed by atoms with Crippen LogP contribution in [0.15, 0.2) is 24.3 Å². The number of phosphoric ester groups is 1. The number of quaternary nitrogens is 1. The fraction of sp³-hybridized carbons (Fsp3) is 0.887. The zero-order chi connectivity index (χ0) is 46.4. The lowest BCUT2D eigenvalue weighted by Gasteiger charge is -2.28. The molecule has 63 heavy (non-hydrogen) atoms. The second-order valence-electron chi connectivity index (χ2n) is 19.2. The van der Waals surface area contributed by atoms with Crippen molar-refractivity contribution in [2.24, 2.45) is 0 Å². The molecule has 0 radical (unpaired) electrons. The Bertz CT molecular complexity index is 1120. The van der Waals surface area contributed by atoms with Crippen LogP contribution in [-0.4, -0.2) is 70.0 Å². The molecule has 0 heterocycles. The number of ether oxygens (including phenoxy) is 2. The zero-order valence-electron chi connectivity index (χ0n) is 42.0. The van der Waals surface area contributed by atoms with Crippen molar-refractivity contribution < 1.29 is 42.1 Å². The van der Waals surface area contributed by atoms with Gasteiger partial charge in [-0.2, -0.15) is 0 Å². The maximum absolute atomic E-state index is 12.8. The zero-order valence-corrected chi connectivity index (χ0v) is 42.9. The van der Waals surface area contributed by atoms with Gasteiger partial charge in [0.2, 0.25) is 0 Å². The van der Waals surface area contributed by atoms with E-state index in [1.54, 1.807) is 0 Å². The Morgan fingerprint density at radius 2 is 0.857 bits per heavy atom. The van der Waals surface area contributed by atoms with Crippen LogP contribution in [0.1, 0.15) is 251 Å². The molecule has 10 heteroatoms. The molecule has 9 nitrogen and oxygen atoms in total. The molecule has 0 amide bonds. The largest absolute Gasteiger partial charge is 0.756 e. The highest BCUT2D eigenvalue weighted by Gasteiger charge is 2.21. The Hall–Kier alpha value is -1.51. The molecule has 0 bridgehead atoms. The number of hydrogen-bond donors (Lipinski definition) is 0. The molecule has 0 aromatic heterocycles. The van der Waals surface area contributed by atoms with Crippen LogP contribution in [0.2, 0.25) is 0 Å². The van der Waals surface area contributed by atoms with Gasteiger partial charge < -0.3 is 27.9 Å². The Morgan fingerprint density at radius 3 is 1.25 bits per heavy atom. The van der Waals surface area contributed by atoms with E-state index < -0.39 is 26.5 Å². The van der Waals surface area contributed by atoms with Gasteiger partial charge >= 0.3 is 11.9 Å². The van der Waals surface area contributed by atoms with Gasteiger partial charge in [0.1, 0.15) is 19.8 Å². The van der Waals surface area contributed by atoms with E-state index in [1.165, 1.54) is 167 Å². The van der Waals surface area contributed by atoms with E-state index >= 15 is 0 Å². The molecule has 2 unspecified atom stereocenters. The van der Waals surface area contributed by atoms with Gasteiger partial charge in [-0.1, -0.05) is 218 Å². The van der Waals surface area contributed by atoms with Gasteiger partial charge in [-0.05, 0) is 44.9 Å². The Balaban J connectivity index is 4.22. The third-order valence-electron chi connectivity index (χ3n) is 11.7. The first-order valence-electron chi connectivity index (χ1n) is 26.5. The topological polar surface area (TPSA) is 111 Å². The maximum atomic E-state index is 12.8. The quantitative estimate of drug-likeness (QED) is 0.0195. The molecular formula is C53H102NO8P. The lowest BCUT2D eigenvalue weighted by Crippen LogP contribution is -2.37. The highest BCUT2D eigenvalue weighted by atomic mass is 31.2. The fourth-order valence-electron chi connectivity index (χ4n) is 7.57. The normalized spacial score (nSPS) is 13.6. The van der Waals surface area contributed by atoms with Crippen LogP contribution in [0.25, 0.3) is 0 Å². The number of phosphoric acid groups is 1. The molecule has 2 atom stereocenters. The van der Waals surface area contributed by atoms with E-state index in [0.29, 0.717) is 17.4 Å². The van der Waals surface area contributed by atoms with Crippen LogP contribution in [0.5, 0.6) is 0 Å². The van der Waals surface area contributed by atoms with E-state index in [-0.39, 0.29) is 32.0 Å². The average molecular weight is 912 g/mol. The van der Waals surface area contributed by atoms with E-state index in [2.05, 4.69) is 38.2 Å². The lowest BCUT2D eigenvalue weighted by molar-refractivity contribution is -0.870. The molecule has 372 valence electrons. The van der Waals surface area contributed by atoms with Crippen molar-refractivity contribution in [3.63, 3.8) is 0 Å². The van der Waals surface area contributed by atoms with Crippen molar-refractivity contribution >= 4 is 19.8 Å². The molecule has 0 spiro atoms. The summed E-state index contributed by atoms with van der Waals surface area (Å²) in [5.41, 5.74) is 0. The van der Waals surface area contributed by atoms with Crippen LogP contribution in [-0.2, 0) is 32.7 Å². The number of likely N-dealkylation sites (N-methyl/N-ethyl adjacent to an activating group) is 1. The van der Waals surface area contributed by atoms with E-state index in [0.717, 1.165) is 51.4 Å². The van der Waals surface area contributed by atoms with Crippen molar-refractivity contribution in [1.82, 2.24) is 0 Å². The minimum Gasteiger partial charge on any atom is -0.756 e. The molecule has 0 N–H and O–H groups in total. The van der Waals surface area contributed by atoms with Crippen molar-refractivity contribution in [2.45, 2.75) is 258 Å². The Labute approximate surface area is 389 Å². The smallest absolute Gasteiger partial charge is 0.306 e. The summed E-state index contributed by atoms with van der Waals surface area (Å²) in [4.78, 5) is 37.7. The van der Waals surface area contributed by atoms with E-state index in [1.807, 2.05) is 21.1 Å². The third kappa shape index (κ3) is 49.8. The van der Waals surface area contributed by atoms with Gasteiger partial charge in [0, 0.05) is 12.8 Å². The number of carbonyl (C=O) groups excluding carboxylic acids is 2. The maximum Gasteiger partial charge on any atom is 0.306 e. The summed E-state index contributed by atoms with van der Waals surface area (Å²) in [6.07, 6.45) is 52.0. The predicted molar refractivity (Wildman–Crippen MR) is 264 cm³/mol. The van der Waals surface area contributed by atoms with E-state index in [4.69, 9.17) is 18.5 Å². The molecule has 0 saturated carbocycles. The van der Waals surface area contributed by atoms with Crippen LogP contribution >= 0.6 is 7.82 Å². The van der Waals surface area contributed by atoms with Crippen molar-refractivity contribution in [3.05, 3.63) is 24.3 Å². The number of hydrogen-bond acceptors (Lipinski definition) is 8. The van der Waals surface area contributed by atoms with Crippen LogP contribution in [0, 0.1) is 0 Å². The van der Waals surface area contributed by atoms with Gasteiger partial charge in [-0.25, -0.2) is 0 Å². The number of rotatable bonds is 49. The number of allylic oxidation sites excluding steroid dienone is 4. The van der Waals surface area contributed by atoms with Crippen LogP contribution in [0.4, 0.5) is 0 Å². The summed E-state index contributed by atoms with van der Waals surface area (Å²) in [7, 11) is 1.17. The average Bonchev–Trinajstić information content (AvgIpc) is 3.24. The summed E-state index contributed by atoms with van der Waals surface area (Å²) in [6.45, 7) is 4.26. The number of carbonyl (C=O) groups is 2. The number of esters is 2. The monoisotopic (exact) mass is 912 g/mol. The highest BCUT2D eigenvalue weighted by molar-refractivity contribution is 7.45. The van der Waals surface area contributed by atoms with Crippen molar-refractivity contribution in [1.29, 1.82) is 0 Å². The van der Waals surface area contributed by atoms with Crippen LogP contribution < -0.4 is 4.89 Å². The number of unbranched alkanes of at least 4 members (excludes halogenated alkanes) is 31. The Kier molecular flexibility index (Phi) is 44.5. The first kappa shape index (κ1) is 61.5. The first-order chi connectivity index (χ1) is 30.5. The lowest BCUT2D eigenvalue weighted by atomic mass is 10.0. The molecule has 0 aromatic rings. The number of nitrogens with zero attached hydrogens (tertiary/aromatic N) is 1. The molecular weight excluding hydrogens is 810 g/mol. The third-order valence-corrected chi connectivity index (χ3v) is 12.7. The van der Waals surface area contributed by atoms with Gasteiger partial charge in [0.25, 0.3) is 7.82 Å². The molecule has 0 fully saturated rings. The van der Waals surface area contributed by atoms with Gasteiger partial charge in [-0.15, -0.1) is 0 Å². The van der Waals surface area contributed by atoms with Crippen molar-refractivity contribution in [3.8, 4) is 0 Å². The second kappa shape index (κ2) is 45.6.